The Morgan fingerprint density at radius 1 is 1.52 bits per heavy atom. The van der Waals surface area contributed by atoms with E-state index < -0.39 is 0 Å². The molecule has 5 heteroatoms. The van der Waals surface area contributed by atoms with Gasteiger partial charge in [0.2, 0.25) is 0 Å². The van der Waals surface area contributed by atoms with E-state index in [1.54, 1.807) is 7.11 Å². The summed E-state index contributed by atoms with van der Waals surface area (Å²) in [5, 5.41) is 0.996. The molecule has 21 heavy (non-hydrogen) atoms. The minimum absolute atomic E-state index is 0.0618. The number of amides is 1. The van der Waals surface area contributed by atoms with Crippen molar-refractivity contribution in [2.24, 2.45) is 5.92 Å². The van der Waals surface area contributed by atoms with Crippen LogP contribution in [0.4, 0.5) is 5.69 Å². The van der Waals surface area contributed by atoms with Crippen molar-refractivity contribution >= 4 is 33.0 Å². The van der Waals surface area contributed by atoms with Crippen molar-refractivity contribution in [3.8, 4) is 0 Å². The Hall–Kier alpha value is -1.59. The summed E-state index contributed by atoms with van der Waals surface area (Å²) < 4.78 is 6.30. The third kappa shape index (κ3) is 2.51. The number of hydrogen-bond acceptors (Lipinski definition) is 4. The first kappa shape index (κ1) is 14.4. The number of anilines is 1. The van der Waals surface area contributed by atoms with Gasteiger partial charge in [0, 0.05) is 36.2 Å². The third-order valence-corrected chi connectivity index (χ3v) is 5.47. The number of carbonyl (C=O) groups excluding carboxylic acids is 1. The van der Waals surface area contributed by atoms with E-state index in [4.69, 9.17) is 10.5 Å². The number of methoxy groups -OCH3 is 1. The van der Waals surface area contributed by atoms with E-state index in [-0.39, 0.29) is 5.91 Å². The molecule has 2 heterocycles. The van der Waals surface area contributed by atoms with Gasteiger partial charge in [-0.1, -0.05) is 18.2 Å². The van der Waals surface area contributed by atoms with Crippen LogP contribution in [0.1, 0.15) is 21.7 Å². The number of hydrogen-bond donors (Lipinski definition) is 1. The maximum atomic E-state index is 12.7. The van der Waals surface area contributed by atoms with Gasteiger partial charge >= 0.3 is 0 Å². The fraction of sp³-hybridized carbons (Fsp3) is 0.438. The van der Waals surface area contributed by atoms with E-state index in [2.05, 4.69) is 13.0 Å². The zero-order valence-corrected chi connectivity index (χ0v) is 13.2. The number of likely N-dealkylation sites (tertiary alicyclic amines) is 1. The largest absolute Gasteiger partial charge is 0.397 e. The molecule has 2 N–H and O–H groups in total. The van der Waals surface area contributed by atoms with E-state index in [0.717, 1.165) is 29.6 Å². The lowest BCUT2D eigenvalue weighted by Gasteiger charge is -2.15. The molecule has 1 atom stereocenters. The van der Waals surface area contributed by atoms with Gasteiger partial charge in [0.1, 0.15) is 4.88 Å². The molecule has 2 aromatic rings. The average molecular weight is 304 g/mol. The summed E-state index contributed by atoms with van der Waals surface area (Å²) in [5.41, 5.74) is 8.00. The number of rotatable bonds is 3. The van der Waals surface area contributed by atoms with Crippen LogP contribution in [0.3, 0.4) is 0 Å². The Kier molecular flexibility index (Phi) is 3.87. The highest BCUT2D eigenvalue weighted by molar-refractivity contribution is 7.21. The lowest BCUT2D eigenvalue weighted by molar-refractivity contribution is 0.0781. The minimum atomic E-state index is 0.0618. The van der Waals surface area contributed by atoms with Crippen molar-refractivity contribution in [3.63, 3.8) is 0 Å². The SMILES string of the molecule is COCC1CCN(C(=O)c2sc3c(C)cccc3c2N)C1. The highest BCUT2D eigenvalue weighted by Crippen LogP contribution is 2.36. The van der Waals surface area contributed by atoms with Crippen molar-refractivity contribution in [1.82, 2.24) is 4.90 Å². The summed E-state index contributed by atoms with van der Waals surface area (Å²) in [7, 11) is 1.71. The summed E-state index contributed by atoms with van der Waals surface area (Å²) in [5.74, 6) is 0.503. The van der Waals surface area contributed by atoms with E-state index >= 15 is 0 Å². The second kappa shape index (κ2) is 5.66. The second-order valence-corrected chi connectivity index (χ2v) is 6.68. The van der Waals surface area contributed by atoms with Gasteiger partial charge in [0.05, 0.1) is 12.3 Å². The number of benzene rings is 1. The Balaban J connectivity index is 1.89. The van der Waals surface area contributed by atoms with Crippen molar-refractivity contribution in [2.75, 3.05) is 32.5 Å². The molecule has 1 aromatic carbocycles. The van der Waals surface area contributed by atoms with Crippen LogP contribution in [0.25, 0.3) is 10.1 Å². The number of carbonyl (C=O) groups is 1. The van der Waals surface area contributed by atoms with Crippen LogP contribution in [0.5, 0.6) is 0 Å². The van der Waals surface area contributed by atoms with Gasteiger partial charge < -0.3 is 15.4 Å². The predicted octanol–water partition coefficient (Wildman–Crippen LogP) is 2.90. The molecule has 0 saturated carbocycles. The van der Waals surface area contributed by atoms with Crippen LogP contribution in [-0.4, -0.2) is 37.6 Å². The van der Waals surface area contributed by atoms with Gasteiger partial charge in [-0.15, -0.1) is 11.3 Å². The average Bonchev–Trinajstić information content (AvgIpc) is 3.06. The van der Waals surface area contributed by atoms with E-state index in [0.29, 0.717) is 23.1 Å². The zero-order chi connectivity index (χ0) is 15.0. The Morgan fingerprint density at radius 2 is 2.33 bits per heavy atom. The van der Waals surface area contributed by atoms with E-state index in [1.807, 2.05) is 17.0 Å². The first-order valence-electron chi connectivity index (χ1n) is 7.17. The summed E-state index contributed by atoms with van der Waals surface area (Å²) in [6.45, 7) is 4.32. The molecular formula is C16H20N2O2S. The number of nitrogens with zero attached hydrogens (tertiary/aromatic N) is 1. The number of nitrogens with two attached hydrogens (primary N) is 1. The van der Waals surface area contributed by atoms with Crippen LogP contribution >= 0.6 is 11.3 Å². The fourth-order valence-electron chi connectivity index (χ4n) is 2.97. The Bertz CT molecular complexity index is 680. The van der Waals surface area contributed by atoms with Crippen LogP contribution in [0.2, 0.25) is 0 Å². The highest BCUT2D eigenvalue weighted by atomic mass is 32.1. The maximum Gasteiger partial charge on any atom is 0.266 e. The first-order valence-corrected chi connectivity index (χ1v) is 7.99. The van der Waals surface area contributed by atoms with Crippen LogP contribution < -0.4 is 5.73 Å². The smallest absolute Gasteiger partial charge is 0.266 e. The van der Waals surface area contributed by atoms with Crippen LogP contribution in [-0.2, 0) is 4.74 Å². The minimum Gasteiger partial charge on any atom is -0.397 e. The molecule has 0 bridgehead atoms. The van der Waals surface area contributed by atoms with Gasteiger partial charge in [-0.2, -0.15) is 0 Å². The van der Waals surface area contributed by atoms with Gasteiger partial charge in [0.15, 0.2) is 0 Å². The summed E-state index contributed by atoms with van der Waals surface area (Å²) in [6.07, 6.45) is 1.00. The number of ether oxygens (including phenoxy) is 1. The molecular weight excluding hydrogens is 284 g/mol. The second-order valence-electron chi connectivity index (χ2n) is 5.66. The highest BCUT2D eigenvalue weighted by Gasteiger charge is 2.29. The topological polar surface area (TPSA) is 55.6 Å². The van der Waals surface area contributed by atoms with E-state index in [9.17, 15) is 4.79 Å². The fourth-order valence-corrected chi connectivity index (χ4v) is 4.13. The van der Waals surface area contributed by atoms with Gasteiger partial charge in [0.25, 0.3) is 5.91 Å². The quantitative estimate of drug-likeness (QED) is 0.948. The molecule has 1 unspecified atom stereocenters. The number of fused-ring (bicyclic) bond motifs is 1. The molecule has 1 aliphatic heterocycles. The van der Waals surface area contributed by atoms with Gasteiger partial charge in [-0.25, -0.2) is 0 Å². The molecule has 4 nitrogen and oxygen atoms in total. The summed E-state index contributed by atoms with van der Waals surface area (Å²) in [4.78, 5) is 15.3. The molecule has 1 fully saturated rings. The summed E-state index contributed by atoms with van der Waals surface area (Å²) >= 11 is 1.51. The maximum absolute atomic E-state index is 12.7. The third-order valence-electron chi connectivity index (χ3n) is 4.12. The predicted molar refractivity (Wildman–Crippen MR) is 86.9 cm³/mol. The Labute approximate surface area is 128 Å². The van der Waals surface area contributed by atoms with Gasteiger partial charge in [-0.05, 0) is 18.9 Å². The molecule has 1 aliphatic rings. The molecule has 0 aliphatic carbocycles. The van der Waals surface area contributed by atoms with Crippen molar-refractivity contribution in [1.29, 1.82) is 0 Å². The van der Waals surface area contributed by atoms with E-state index in [1.165, 1.54) is 16.9 Å². The van der Waals surface area contributed by atoms with Crippen molar-refractivity contribution < 1.29 is 9.53 Å². The van der Waals surface area contributed by atoms with Crippen LogP contribution in [0, 0.1) is 12.8 Å². The molecule has 1 aromatic heterocycles. The van der Waals surface area contributed by atoms with Crippen molar-refractivity contribution in [2.45, 2.75) is 13.3 Å². The number of thiophene rings is 1. The molecule has 0 radical (unpaired) electrons. The summed E-state index contributed by atoms with van der Waals surface area (Å²) in [6, 6.07) is 6.03. The molecule has 1 saturated heterocycles. The molecule has 0 spiro atoms. The zero-order valence-electron chi connectivity index (χ0n) is 12.4. The lowest BCUT2D eigenvalue weighted by Crippen LogP contribution is -2.29. The molecule has 3 rings (SSSR count). The van der Waals surface area contributed by atoms with Crippen molar-refractivity contribution in [3.05, 3.63) is 28.6 Å². The van der Waals surface area contributed by atoms with Crippen LogP contribution in [0.15, 0.2) is 18.2 Å². The number of aryl methyl sites for hydroxylation is 1. The first-order chi connectivity index (χ1) is 10.1. The van der Waals surface area contributed by atoms with Gasteiger partial charge in [-0.3, -0.25) is 4.79 Å². The standard InChI is InChI=1S/C16H20N2O2S/c1-10-4-3-5-12-13(17)15(21-14(10)12)16(19)18-7-6-11(8-18)9-20-2/h3-5,11H,6-9,17H2,1-2H3. The Morgan fingerprint density at radius 3 is 3.05 bits per heavy atom. The molecule has 112 valence electrons. The molecule has 1 amide bonds. The normalized spacial score (nSPS) is 18.6. The number of nitrogen functional groups attached to an aromatic ring is 1. The monoisotopic (exact) mass is 304 g/mol. The lowest BCUT2D eigenvalue weighted by atomic mass is 10.1.